The van der Waals surface area contributed by atoms with Crippen LogP contribution < -0.4 is 5.73 Å². The number of hydrogen-bond acceptors (Lipinski definition) is 3. The molecule has 1 saturated heterocycles. The first kappa shape index (κ1) is 17.2. The lowest BCUT2D eigenvalue weighted by atomic mass is 10.2. The molecule has 0 bridgehead atoms. The third-order valence-corrected chi connectivity index (χ3v) is 4.42. The van der Waals surface area contributed by atoms with Gasteiger partial charge in [0.15, 0.2) is 6.10 Å². The summed E-state index contributed by atoms with van der Waals surface area (Å²) in [7, 11) is 0. The van der Waals surface area contributed by atoms with Crippen molar-refractivity contribution in [2.75, 3.05) is 19.7 Å². The Labute approximate surface area is 145 Å². The number of nitrogens with zero attached hydrogens (tertiary/aromatic N) is 2. The zero-order chi connectivity index (χ0) is 18.1. The van der Waals surface area contributed by atoms with Crippen LogP contribution in [0.5, 0.6) is 0 Å². The van der Waals surface area contributed by atoms with Gasteiger partial charge in [0.2, 0.25) is 5.91 Å². The van der Waals surface area contributed by atoms with Crippen molar-refractivity contribution in [1.82, 2.24) is 9.47 Å². The van der Waals surface area contributed by atoms with Gasteiger partial charge in [-0.1, -0.05) is 0 Å². The molecule has 0 spiro atoms. The molecule has 1 aliphatic heterocycles. The number of aryl methyl sites for hydroxylation is 1. The maximum Gasteiger partial charge on any atom is 0.255 e. The lowest BCUT2D eigenvalue weighted by Gasteiger charge is -2.31. The zero-order valence-electron chi connectivity index (χ0n) is 14.2. The average molecular weight is 345 g/mol. The molecule has 0 saturated carbocycles. The zero-order valence-corrected chi connectivity index (χ0v) is 14.2. The number of primary amides is 1. The van der Waals surface area contributed by atoms with E-state index in [9.17, 15) is 14.0 Å². The van der Waals surface area contributed by atoms with Crippen LogP contribution in [0.4, 0.5) is 4.39 Å². The van der Waals surface area contributed by atoms with Gasteiger partial charge in [-0.25, -0.2) is 4.39 Å². The number of ether oxygens (including phenoxy) is 1. The van der Waals surface area contributed by atoms with E-state index in [0.717, 1.165) is 17.1 Å². The summed E-state index contributed by atoms with van der Waals surface area (Å²) in [4.78, 5) is 25.8. The monoisotopic (exact) mass is 345 g/mol. The van der Waals surface area contributed by atoms with Gasteiger partial charge in [-0.05, 0) is 44.2 Å². The normalized spacial score (nSPS) is 17.6. The first-order valence-corrected chi connectivity index (χ1v) is 8.03. The largest absolute Gasteiger partial charge is 0.367 e. The number of amides is 2. The van der Waals surface area contributed by atoms with Crippen molar-refractivity contribution in [3.63, 3.8) is 0 Å². The minimum Gasteiger partial charge on any atom is -0.367 e. The molecular weight excluding hydrogens is 325 g/mol. The second-order valence-corrected chi connectivity index (χ2v) is 6.11. The summed E-state index contributed by atoms with van der Waals surface area (Å²) in [6.45, 7) is 4.56. The molecule has 2 amide bonds. The number of halogens is 1. The molecule has 0 radical (unpaired) electrons. The number of rotatable bonds is 3. The summed E-state index contributed by atoms with van der Waals surface area (Å²) in [5.41, 5.74) is 8.24. The van der Waals surface area contributed by atoms with Crippen LogP contribution in [0.2, 0.25) is 0 Å². The van der Waals surface area contributed by atoms with Gasteiger partial charge in [0, 0.05) is 23.6 Å². The predicted octanol–water partition coefficient (Wildman–Crippen LogP) is 1.56. The van der Waals surface area contributed by atoms with E-state index in [4.69, 9.17) is 10.5 Å². The van der Waals surface area contributed by atoms with Crippen molar-refractivity contribution in [1.29, 1.82) is 0 Å². The molecule has 2 heterocycles. The molecule has 2 aromatic rings. The summed E-state index contributed by atoms with van der Waals surface area (Å²) in [5.74, 6) is -1.06. The van der Waals surface area contributed by atoms with E-state index in [2.05, 4.69) is 0 Å². The Balaban J connectivity index is 1.90. The lowest BCUT2D eigenvalue weighted by Crippen LogP contribution is -2.50. The van der Waals surface area contributed by atoms with E-state index < -0.39 is 12.0 Å². The van der Waals surface area contributed by atoms with Gasteiger partial charge in [-0.3, -0.25) is 9.59 Å². The number of benzene rings is 1. The van der Waals surface area contributed by atoms with Gasteiger partial charge in [-0.2, -0.15) is 0 Å². The van der Waals surface area contributed by atoms with Crippen LogP contribution in [0.1, 0.15) is 21.7 Å². The van der Waals surface area contributed by atoms with E-state index in [-0.39, 0.29) is 24.9 Å². The highest BCUT2D eigenvalue weighted by Crippen LogP contribution is 2.23. The minimum atomic E-state index is -0.779. The van der Waals surface area contributed by atoms with Crippen molar-refractivity contribution >= 4 is 11.8 Å². The Bertz CT molecular complexity index is 814. The molecule has 1 aromatic heterocycles. The first-order valence-electron chi connectivity index (χ1n) is 8.03. The molecule has 6 nitrogen and oxygen atoms in total. The molecular formula is C18H20FN3O3. The van der Waals surface area contributed by atoms with Crippen LogP contribution in [0.15, 0.2) is 30.3 Å². The van der Waals surface area contributed by atoms with Gasteiger partial charge in [0.05, 0.1) is 18.7 Å². The number of aromatic nitrogens is 1. The van der Waals surface area contributed by atoms with Crippen molar-refractivity contribution in [3.05, 3.63) is 53.1 Å². The molecule has 1 aliphatic rings. The van der Waals surface area contributed by atoms with E-state index in [1.54, 1.807) is 23.1 Å². The summed E-state index contributed by atoms with van der Waals surface area (Å²) >= 11 is 0. The molecule has 1 aromatic carbocycles. The fourth-order valence-electron chi connectivity index (χ4n) is 3.14. The standard InChI is InChI=1S/C18H20FN3O3/c1-11-9-15(12(2)22(11)14-5-3-13(19)4-6-14)18(24)21-7-8-25-16(10-21)17(20)23/h3-6,9,16H,7-8,10H2,1-2H3,(H2,20,23). The molecule has 2 N–H and O–H groups in total. The SMILES string of the molecule is Cc1cc(C(=O)N2CCOC(C(N)=O)C2)c(C)n1-c1ccc(F)cc1. The van der Waals surface area contributed by atoms with Gasteiger partial charge in [-0.15, -0.1) is 0 Å². The van der Waals surface area contributed by atoms with E-state index in [1.807, 2.05) is 18.4 Å². The van der Waals surface area contributed by atoms with Crippen LogP contribution in [-0.4, -0.2) is 47.1 Å². The lowest BCUT2D eigenvalue weighted by molar-refractivity contribution is -0.133. The summed E-state index contributed by atoms with van der Waals surface area (Å²) < 4.78 is 20.3. The summed E-state index contributed by atoms with van der Waals surface area (Å²) in [6.07, 6.45) is -0.779. The number of hydrogen-bond donors (Lipinski definition) is 1. The highest BCUT2D eigenvalue weighted by molar-refractivity contribution is 5.96. The Morgan fingerprint density at radius 1 is 1.24 bits per heavy atom. The molecule has 132 valence electrons. The predicted molar refractivity (Wildman–Crippen MR) is 90.0 cm³/mol. The van der Waals surface area contributed by atoms with E-state index in [1.165, 1.54) is 12.1 Å². The van der Waals surface area contributed by atoms with Crippen LogP contribution in [0.3, 0.4) is 0 Å². The Hall–Kier alpha value is -2.67. The fourth-order valence-corrected chi connectivity index (χ4v) is 3.14. The van der Waals surface area contributed by atoms with Gasteiger partial charge < -0.3 is 19.9 Å². The maximum absolute atomic E-state index is 13.2. The molecule has 7 heteroatoms. The molecule has 1 fully saturated rings. The van der Waals surface area contributed by atoms with Crippen LogP contribution >= 0.6 is 0 Å². The van der Waals surface area contributed by atoms with E-state index in [0.29, 0.717) is 12.1 Å². The summed E-state index contributed by atoms with van der Waals surface area (Å²) in [5, 5.41) is 0. The minimum absolute atomic E-state index is 0.147. The molecule has 1 unspecified atom stereocenters. The Morgan fingerprint density at radius 2 is 1.92 bits per heavy atom. The molecule has 0 aliphatic carbocycles. The molecule has 3 rings (SSSR count). The van der Waals surface area contributed by atoms with Gasteiger partial charge in [0.25, 0.3) is 5.91 Å². The van der Waals surface area contributed by atoms with Gasteiger partial charge >= 0.3 is 0 Å². The third-order valence-electron chi connectivity index (χ3n) is 4.42. The van der Waals surface area contributed by atoms with Crippen molar-refractivity contribution in [2.45, 2.75) is 20.0 Å². The average Bonchev–Trinajstić information content (AvgIpc) is 2.90. The quantitative estimate of drug-likeness (QED) is 0.917. The first-order chi connectivity index (χ1) is 11.9. The Kier molecular flexibility index (Phi) is 4.59. The highest BCUT2D eigenvalue weighted by Gasteiger charge is 2.30. The van der Waals surface area contributed by atoms with Crippen LogP contribution in [-0.2, 0) is 9.53 Å². The maximum atomic E-state index is 13.2. The van der Waals surface area contributed by atoms with E-state index >= 15 is 0 Å². The van der Waals surface area contributed by atoms with Crippen LogP contribution in [0, 0.1) is 19.7 Å². The topological polar surface area (TPSA) is 77.6 Å². The second kappa shape index (κ2) is 6.68. The second-order valence-electron chi connectivity index (χ2n) is 6.11. The molecule has 1 atom stereocenters. The number of carbonyl (C=O) groups is 2. The Morgan fingerprint density at radius 3 is 2.56 bits per heavy atom. The van der Waals surface area contributed by atoms with Crippen molar-refractivity contribution in [2.24, 2.45) is 5.73 Å². The number of morpholine rings is 1. The smallest absolute Gasteiger partial charge is 0.255 e. The van der Waals surface area contributed by atoms with Gasteiger partial charge in [0.1, 0.15) is 5.82 Å². The summed E-state index contributed by atoms with van der Waals surface area (Å²) in [6, 6.07) is 7.91. The number of carbonyl (C=O) groups excluding carboxylic acids is 2. The van der Waals surface area contributed by atoms with Crippen LogP contribution in [0.25, 0.3) is 5.69 Å². The number of nitrogens with two attached hydrogens (primary N) is 1. The molecule has 25 heavy (non-hydrogen) atoms. The van der Waals surface area contributed by atoms with Crippen molar-refractivity contribution < 1.29 is 18.7 Å². The van der Waals surface area contributed by atoms with Crippen molar-refractivity contribution in [3.8, 4) is 5.69 Å². The highest BCUT2D eigenvalue weighted by atomic mass is 19.1. The third kappa shape index (κ3) is 3.28. The fraction of sp³-hybridized carbons (Fsp3) is 0.333.